The molecule has 0 aliphatic heterocycles. The highest BCUT2D eigenvalue weighted by atomic mass is 79.9. The van der Waals surface area contributed by atoms with Crippen LogP contribution in [0.1, 0.15) is 5.82 Å². The summed E-state index contributed by atoms with van der Waals surface area (Å²) < 4.78 is 1.01. The lowest BCUT2D eigenvalue weighted by Crippen LogP contribution is -2.05. The number of hydrogen-bond donors (Lipinski definition) is 1. The zero-order chi connectivity index (χ0) is 16.4. The second-order valence-corrected chi connectivity index (χ2v) is 6.64. The molecule has 1 aromatic heterocycles. The topological polar surface area (TPSA) is 51.8 Å². The number of benzene rings is 2. The van der Waals surface area contributed by atoms with Gasteiger partial charge in [0.1, 0.15) is 5.82 Å². The number of nitrogens with zero attached hydrogens (tertiary/aromatic N) is 2. The molecule has 0 saturated carbocycles. The summed E-state index contributed by atoms with van der Waals surface area (Å²) in [5.41, 5.74) is 9.11. The molecule has 3 rings (SSSR count). The van der Waals surface area contributed by atoms with Crippen molar-refractivity contribution in [2.45, 2.75) is 6.54 Å². The maximum Gasteiger partial charge on any atom is 0.142 e. The van der Waals surface area contributed by atoms with E-state index in [1.54, 1.807) is 18.3 Å². The lowest BCUT2D eigenvalue weighted by molar-refractivity contribution is 0.913. The van der Waals surface area contributed by atoms with Gasteiger partial charge < -0.3 is 5.73 Å². The van der Waals surface area contributed by atoms with Crippen molar-refractivity contribution >= 4 is 39.1 Å². The first-order chi connectivity index (χ1) is 11.1. The lowest BCUT2D eigenvalue weighted by Gasteiger charge is -2.12. The van der Waals surface area contributed by atoms with E-state index in [0.29, 0.717) is 15.9 Å². The van der Waals surface area contributed by atoms with Gasteiger partial charge in [-0.05, 0) is 35.9 Å². The van der Waals surface area contributed by atoms with Gasteiger partial charge in [0.15, 0.2) is 0 Å². The highest BCUT2D eigenvalue weighted by Gasteiger charge is 2.14. The third-order valence-electron chi connectivity index (χ3n) is 3.36. The zero-order valence-electron chi connectivity index (χ0n) is 11.9. The molecular weight excluding hydrogens is 397 g/mol. The van der Waals surface area contributed by atoms with Crippen molar-refractivity contribution in [3.05, 3.63) is 69.0 Å². The molecule has 23 heavy (non-hydrogen) atoms. The van der Waals surface area contributed by atoms with Crippen molar-refractivity contribution in [3.63, 3.8) is 0 Å². The Balaban J connectivity index is 2.22. The van der Waals surface area contributed by atoms with Crippen LogP contribution >= 0.6 is 39.1 Å². The second-order valence-electron chi connectivity index (χ2n) is 4.88. The first kappa shape index (κ1) is 16.4. The summed E-state index contributed by atoms with van der Waals surface area (Å²) in [7, 11) is 0. The Hall–Kier alpha value is -1.46. The molecule has 0 aliphatic rings. The molecule has 1 heterocycles. The molecular formula is C17H12BrCl2N3. The van der Waals surface area contributed by atoms with Crippen molar-refractivity contribution in [2.75, 3.05) is 0 Å². The Labute approximate surface area is 152 Å². The van der Waals surface area contributed by atoms with Gasteiger partial charge in [-0.25, -0.2) is 9.97 Å². The Morgan fingerprint density at radius 3 is 2.39 bits per heavy atom. The molecule has 116 valence electrons. The average Bonchev–Trinajstić information content (AvgIpc) is 2.55. The fraction of sp³-hybridized carbons (Fsp3) is 0.0588. The fourth-order valence-electron chi connectivity index (χ4n) is 2.24. The largest absolute Gasteiger partial charge is 0.324 e. The lowest BCUT2D eigenvalue weighted by atomic mass is 10.0. The van der Waals surface area contributed by atoms with E-state index in [1.807, 2.05) is 30.3 Å². The van der Waals surface area contributed by atoms with Crippen LogP contribution in [0.3, 0.4) is 0 Å². The number of rotatable bonds is 3. The molecule has 0 unspecified atom stereocenters. The van der Waals surface area contributed by atoms with Crippen molar-refractivity contribution in [1.29, 1.82) is 0 Å². The quantitative estimate of drug-likeness (QED) is 0.636. The van der Waals surface area contributed by atoms with Gasteiger partial charge in [-0.15, -0.1) is 0 Å². The molecule has 0 saturated heterocycles. The maximum absolute atomic E-state index is 6.36. The molecule has 0 fully saturated rings. The van der Waals surface area contributed by atoms with E-state index in [0.717, 1.165) is 26.9 Å². The third-order valence-corrected chi connectivity index (χ3v) is 4.44. The smallest absolute Gasteiger partial charge is 0.142 e. The molecule has 3 nitrogen and oxygen atoms in total. The van der Waals surface area contributed by atoms with E-state index < -0.39 is 0 Å². The van der Waals surface area contributed by atoms with Gasteiger partial charge in [-0.2, -0.15) is 0 Å². The van der Waals surface area contributed by atoms with Gasteiger partial charge in [0.25, 0.3) is 0 Å². The molecule has 0 bridgehead atoms. The minimum atomic E-state index is 0.263. The van der Waals surface area contributed by atoms with Crippen LogP contribution in [0.15, 0.2) is 53.1 Å². The third kappa shape index (κ3) is 3.56. The molecule has 0 amide bonds. The second kappa shape index (κ2) is 6.97. The van der Waals surface area contributed by atoms with Crippen LogP contribution in [-0.4, -0.2) is 9.97 Å². The van der Waals surface area contributed by atoms with Crippen molar-refractivity contribution in [1.82, 2.24) is 9.97 Å². The highest BCUT2D eigenvalue weighted by molar-refractivity contribution is 9.10. The van der Waals surface area contributed by atoms with E-state index in [9.17, 15) is 0 Å². The number of halogens is 3. The summed E-state index contributed by atoms with van der Waals surface area (Å²) >= 11 is 15.8. The molecule has 6 heteroatoms. The van der Waals surface area contributed by atoms with Crippen LogP contribution in [0.2, 0.25) is 10.0 Å². The molecule has 0 spiro atoms. The number of hydrogen-bond acceptors (Lipinski definition) is 3. The minimum Gasteiger partial charge on any atom is -0.324 e. The predicted molar refractivity (Wildman–Crippen MR) is 98.5 cm³/mol. The van der Waals surface area contributed by atoms with E-state index >= 15 is 0 Å². The van der Waals surface area contributed by atoms with Crippen LogP contribution < -0.4 is 5.73 Å². The van der Waals surface area contributed by atoms with Gasteiger partial charge in [-0.3, -0.25) is 0 Å². The summed E-state index contributed by atoms with van der Waals surface area (Å²) in [5.74, 6) is 0.562. The van der Waals surface area contributed by atoms with E-state index in [4.69, 9.17) is 28.9 Å². The molecule has 3 aromatic rings. The zero-order valence-corrected chi connectivity index (χ0v) is 15.0. The number of nitrogens with two attached hydrogens (primary N) is 1. The number of aromatic nitrogens is 2. The van der Waals surface area contributed by atoms with Crippen LogP contribution in [0, 0.1) is 0 Å². The Kier molecular flexibility index (Phi) is 4.97. The first-order valence-corrected chi connectivity index (χ1v) is 8.40. The maximum atomic E-state index is 6.36. The molecule has 0 aliphatic carbocycles. The van der Waals surface area contributed by atoms with Gasteiger partial charge in [-0.1, -0.05) is 51.3 Å². The van der Waals surface area contributed by atoms with E-state index in [1.165, 1.54) is 0 Å². The SMILES string of the molecule is NCc1ncc(-c2ccc(Br)cc2)c(-c2ccc(Cl)cc2Cl)n1. The normalized spacial score (nSPS) is 10.8. The standard InChI is InChI=1S/C17H12BrCl2N3/c18-11-3-1-10(2-4-11)14-9-22-16(8-21)23-17(14)13-6-5-12(19)7-15(13)20/h1-7,9H,8,21H2. The van der Waals surface area contributed by atoms with Crippen LogP contribution in [0.5, 0.6) is 0 Å². The van der Waals surface area contributed by atoms with Crippen LogP contribution in [0.4, 0.5) is 0 Å². The van der Waals surface area contributed by atoms with E-state index in [-0.39, 0.29) is 6.54 Å². The Morgan fingerprint density at radius 2 is 1.74 bits per heavy atom. The minimum absolute atomic E-state index is 0.263. The fourth-order valence-corrected chi connectivity index (χ4v) is 3.01. The monoisotopic (exact) mass is 407 g/mol. The summed E-state index contributed by atoms with van der Waals surface area (Å²) in [5, 5.41) is 1.12. The Morgan fingerprint density at radius 1 is 1.00 bits per heavy atom. The van der Waals surface area contributed by atoms with E-state index in [2.05, 4.69) is 25.9 Å². The van der Waals surface area contributed by atoms with Crippen molar-refractivity contribution in [3.8, 4) is 22.4 Å². The predicted octanol–water partition coefficient (Wildman–Crippen LogP) is 5.34. The molecule has 0 radical (unpaired) electrons. The summed E-state index contributed by atoms with van der Waals surface area (Å²) in [6, 6.07) is 13.3. The van der Waals surface area contributed by atoms with Crippen molar-refractivity contribution in [2.24, 2.45) is 5.73 Å². The van der Waals surface area contributed by atoms with Gasteiger partial charge in [0.2, 0.25) is 0 Å². The first-order valence-electron chi connectivity index (χ1n) is 6.86. The molecule has 0 atom stereocenters. The van der Waals surface area contributed by atoms with Crippen LogP contribution in [-0.2, 0) is 6.54 Å². The summed E-state index contributed by atoms with van der Waals surface area (Å²) in [6.07, 6.45) is 1.78. The molecule has 2 aromatic carbocycles. The highest BCUT2D eigenvalue weighted by Crippen LogP contribution is 2.35. The summed E-state index contributed by atoms with van der Waals surface area (Å²) in [6.45, 7) is 0.263. The van der Waals surface area contributed by atoms with Gasteiger partial charge in [0, 0.05) is 26.8 Å². The van der Waals surface area contributed by atoms with Crippen LogP contribution in [0.25, 0.3) is 22.4 Å². The summed E-state index contributed by atoms with van der Waals surface area (Å²) in [4.78, 5) is 8.89. The van der Waals surface area contributed by atoms with Gasteiger partial charge in [0.05, 0.1) is 17.3 Å². The van der Waals surface area contributed by atoms with Crippen molar-refractivity contribution < 1.29 is 0 Å². The molecule has 2 N–H and O–H groups in total. The van der Waals surface area contributed by atoms with Gasteiger partial charge >= 0.3 is 0 Å². The Bertz CT molecular complexity index is 851. The average molecular weight is 409 g/mol.